The lowest BCUT2D eigenvalue weighted by molar-refractivity contribution is -0.114. The predicted molar refractivity (Wildman–Crippen MR) is 121 cm³/mol. The first-order valence-electron chi connectivity index (χ1n) is 9.49. The molecule has 1 amide bonds. The SMILES string of the molecule is CCN(CC)S(=O)(=O)c1ccc2nc(/C(Cl)=C/c3ccc(NC(C)=O)cc3)[nH]c2c1. The van der Waals surface area contributed by atoms with Crippen LogP contribution in [0.25, 0.3) is 22.1 Å². The van der Waals surface area contributed by atoms with Crippen molar-refractivity contribution in [2.45, 2.75) is 25.7 Å². The van der Waals surface area contributed by atoms with Crippen LogP contribution in [-0.2, 0) is 14.8 Å². The third-order valence-electron chi connectivity index (χ3n) is 4.55. The molecule has 1 heterocycles. The van der Waals surface area contributed by atoms with Crippen LogP contribution in [0.15, 0.2) is 47.4 Å². The fourth-order valence-corrected chi connectivity index (χ4v) is 4.76. The van der Waals surface area contributed by atoms with E-state index in [1.807, 2.05) is 12.1 Å². The molecule has 0 bridgehead atoms. The van der Waals surface area contributed by atoms with Crippen molar-refractivity contribution >= 4 is 55.4 Å². The van der Waals surface area contributed by atoms with E-state index in [0.717, 1.165) is 5.56 Å². The predicted octanol–water partition coefficient (Wildman–Crippen LogP) is 4.29. The molecule has 1 aromatic heterocycles. The molecule has 0 spiro atoms. The number of halogens is 1. The van der Waals surface area contributed by atoms with Crippen LogP contribution in [0.1, 0.15) is 32.2 Å². The number of hydrogen-bond donors (Lipinski definition) is 2. The first-order valence-corrected chi connectivity index (χ1v) is 11.3. The van der Waals surface area contributed by atoms with Crippen LogP contribution >= 0.6 is 11.6 Å². The van der Waals surface area contributed by atoms with Crippen LogP contribution in [0.2, 0.25) is 0 Å². The molecule has 2 N–H and O–H groups in total. The van der Waals surface area contributed by atoms with Crippen LogP contribution in [0, 0.1) is 0 Å². The van der Waals surface area contributed by atoms with Crippen molar-refractivity contribution in [3.05, 3.63) is 53.9 Å². The van der Waals surface area contributed by atoms with Gasteiger partial charge in [-0.05, 0) is 42.0 Å². The van der Waals surface area contributed by atoms with Gasteiger partial charge < -0.3 is 10.3 Å². The summed E-state index contributed by atoms with van der Waals surface area (Å²) in [7, 11) is -3.56. The van der Waals surface area contributed by atoms with E-state index in [-0.39, 0.29) is 10.8 Å². The molecule has 0 fully saturated rings. The molecule has 0 aliphatic heterocycles. The Bertz CT molecular complexity index is 1200. The highest BCUT2D eigenvalue weighted by atomic mass is 35.5. The van der Waals surface area contributed by atoms with Crippen molar-refractivity contribution < 1.29 is 13.2 Å². The number of aromatic nitrogens is 2. The average Bonchev–Trinajstić information content (AvgIpc) is 3.13. The van der Waals surface area contributed by atoms with Gasteiger partial charge >= 0.3 is 0 Å². The molecule has 0 saturated heterocycles. The van der Waals surface area contributed by atoms with Crippen molar-refractivity contribution in [1.29, 1.82) is 0 Å². The quantitative estimate of drug-likeness (QED) is 0.566. The van der Waals surface area contributed by atoms with Crippen molar-refractivity contribution in [1.82, 2.24) is 14.3 Å². The summed E-state index contributed by atoms with van der Waals surface area (Å²) < 4.78 is 26.9. The summed E-state index contributed by atoms with van der Waals surface area (Å²) in [5.41, 5.74) is 2.74. The Morgan fingerprint density at radius 2 is 1.83 bits per heavy atom. The van der Waals surface area contributed by atoms with Gasteiger partial charge in [-0.2, -0.15) is 4.31 Å². The molecule has 2 aromatic carbocycles. The van der Waals surface area contributed by atoms with E-state index < -0.39 is 10.0 Å². The highest BCUT2D eigenvalue weighted by Crippen LogP contribution is 2.26. The maximum absolute atomic E-state index is 12.7. The molecule has 0 saturated carbocycles. The zero-order valence-electron chi connectivity index (χ0n) is 16.9. The Hall–Kier alpha value is -2.68. The number of H-pyrrole nitrogens is 1. The number of nitrogens with one attached hydrogen (secondary N) is 2. The van der Waals surface area contributed by atoms with Gasteiger partial charge in [0.2, 0.25) is 15.9 Å². The molecule has 3 rings (SSSR count). The third kappa shape index (κ3) is 4.72. The van der Waals surface area contributed by atoms with E-state index in [9.17, 15) is 13.2 Å². The van der Waals surface area contributed by atoms with Gasteiger partial charge in [-0.25, -0.2) is 13.4 Å². The van der Waals surface area contributed by atoms with Crippen LogP contribution in [0.3, 0.4) is 0 Å². The van der Waals surface area contributed by atoms with E-state index in [0.29, 0.717) is 40.7 Å². The van der Waals surface area contributed by atoms with Gasteiger partial charge in [0.1, 0.15) is 5.82 Å². The number of hydrogen-bond acceptors (Lipinski definition) is 4. The molecule has 0 aliphatic carbocycles. The second-order valence-electron chi connectivity index (χ2n) is 6.65. The van der Waals surface area contributed by atoms with E-state index in [1.54, 1.807) is 50.3 Å². The molecular formula is C21H23ClN4O3S. The molecule has 0 unspecified atom stereocenters. The minimum atomic E-state index is -3.56. The van der Waals surface area contributed by atoms with Crippen molar-refractivity contribution in [3.8, 4) is 0 Å². The maximum atomic E-state index is 12.7. The number of benzene rings is 2. The lowest BCUT2D eigenvalue weighted by atomic mass is 10.2. The Balaban J connectivity index is 1.90. The standard InChI is InChI=1S/C21H23ClN4O3S/c1-4-26(5-2)30(28,29)17-10-11-19-20(13-17)25-21(24-19)18(22)12-15-6-8-16(9-7-15)23-14(3)27/h6-13H,4-5H2,1-3H3,(H,23,27)(H,24,25)/b18-12-. The number of fused-ring (bicyclic) bond motifs is 1. The first-order chi connectivity index (χ1) is 14.2. The summed E-state index contributed by atoms with van der Waals surface area (Å²) in [5.74, 6) is 0.302. The van der Waals surface area contributed by atoms with Crippen LogP contribution < -0.4 is 5.32 Å². The summed E-state index contributed by atoms with van der Waals surface area (Å²) >= 11 is 6.43. The van der Waals surface area contributed by atoms with Gasteiger partial charge in [0, 0.05) is 25.7 Å². The molecule has 0 aliphatic rings. The monoisotopic (exact) mass is 446 g/mol. The summed E-state index contributed by atoms with van der Waals surface area (Å²) in [4.78, 5) is 18.9. The van der Waals surface area contributed by atoms with Gasteiger partial charge in [-0.1, -0.05) is 37.6 Å². The van der Waals surface area contributed by atoms with Gasteiger partial charge in [0.15, 0.2) is 0 Å². The first kappa shape index (κ1) is 22.0. The molecular weight excluding hydrogens is 424 g/mol. The van der Waals surface area contributed by atoms with Crippen LogP contribution in [-0.4, -0.2) is 41.7 Å². The Morgan fingerprint density at radius 3 is 2.43 bits per heavy atom. The number of amides is 1. The Kier molecular flexibility index (Phi) is 6.60. The number of carbonyl (C=O) groups is 1. The average molecular weight is 447 g/mol. The normalized spacial score (nSPS) is 12.5. The highest BCUT2D eigenvalue weighted by Gasteiger charge is 2.22. The molecule has 0 atom stereocenters. The number of anilines is 1. The number of nitrogens with zero attached hydrogens (tertiary/aromatic N) is 2. The van der Waals surface area contributed by atoms with E-state index in [2.05, 4.69) is 15.3 Å². The number of sulfonamides is 1. The molecule has 7 nitrogen and oxygen atoms in total. The number of carbonyl (C=O) groups excluding carboxylic acids is 1. The molecule has 30 heavy (non-hydrogen) atoms. The van der Waals surface area contributed by atoms with Crippen molar-refractivity contribution in [2.24, 2.45) is 0 Å². The summed E-state index contributed by atoms with van der Waals surface area (Å²) in [6.07, 6.45) is 1.74. The second-order valence-corrected chi connectivity index (χ2v) is 8.99. The lowest BCUT2D eigenvalue weighted by Gasteiger charge is -2.18. The minimum Gasteiger partial charge on any atom is -0.337 e. The van der Waals surface area contributed by atoms with Crippen molar-refractivity contribution in [3.63, 3.8) is 0 Å². The van der Waals surface area contributed by atoms with Gasteiger partial charge in [-0.15, -0.1) is 0 Å². The molecule has 3 aromatic rings. The fraction of sp³-hybridized carbons (Fsp3) is 0.238. The molecule has 9 heteroatoms. The van der Waals surface area contributed by atoms with E-state index >= 15 is 0 Å². The van der Waals surface area contributed by atoms with Crippen molar-refractivity contribution in [2.75, 3.05) is 18.4 Å². The summed E-state index contributed by atoms with van der Waals surface area (Å²) in [6, 6.07) is 12.0. The fourth-order valence-electron chi connectivity index (χ4n) is 3.06. The lowest BCUT2D eigenvalue weighted by Crippen LogP contribution is -2.30. The Labute approximate surface area is 180 Å². The van der Waals surface area contributed by atoms with Gasteiger partial charge in [0.05, 0.1) is 21.0 Å². The highest BCUT2D eigenvalue weighted by molar-refractivity contribution is 7.89. The molecule has 158 valence electrons. The van der Waals surface area contributed by atoms with Crippen LogP contribution in [0.5, 0.6) is 0 Å². The van der Waals surface area contributed by atoms with Gasteiger partial charge in [0.25, 0.3) is 0 Å². The minimum absolute atomic E-state index is 0.138. The van der Waals surface area contributed by atoms with E-state index in [1.165, 1.54) is 11.2 Å². The van der Waals surface area contributed by atoms with Gasteiger partial charge in [-0.3, -0.25) is 4.79 Å². The smallest absolute Gasteiger partial charge is 0.243 e. The number of imidazole rings is 1. The number of rotatable bonds is 7. The summed E-state index contributed by atoms with van der Waals surface area (Å²) in [6.45, 7) is 5.87. The third-order valence-corrected chi connectivity index (χ3v) is 6.88. The van der Waals surface area contributed by atoms with E-state index in [4.69, 9.17) is 11.6 Å². The topological polar surface area (TPSA) is 95.2 Å². The number of aromatic amines is 1. The summed E-state index contributed by atoms with van der Waals surface area (Å²) in [5, 5.41) is 3.09. The largest absolute Gasteiger partial charge is 0.337 e. The Morgan fingerprint density at radius 1 is 1.17 bits per heavy atom. The second kappa shape index (κ2) is 8.99. The maximum Gasteiger partial charge on any atom is 0.243 e. The zero-order chi connectivity index (χ0) is 21.9. The van der Waals surface area contributed by atoms with Crippen LogP contribution in [0.4, 0.5) is 5.69 Å². The molecule has 0 radical (unpaired) electrons. The zero-order valence-corrected chi connectivity index (χ0v) is 18.5.